The molecular weight excluding hydrogens is 292 g/mol. The van der Waals surface area contributed by atoms with Gasteiger partial charge in [0.15, 0.2) is 5.58 Å². The summed E-state index contributed by atoms with van der Waals surface area (Å²) in [5, 5.41) is 11.7. The van der Waals surface area contributed by atoms with Crippen LogP contribution in [0.25, 0.3) is 34.2 Å². The van der Waals surface area contributed by atoms with E-state index in [9.17, 15) is 10.1 Å². The number of nitro benzene ring substituents is 1. The largest absolute Gasteiger partial charge is 0.454 e. The Kier molecular flexibility index (Phi) is 2.98. The van der Waals surface area contributed by atoms with Crippen molar-refractivity contribution < 1.29 is 9.34 Å². The van der Waals surface area contributed by atoms with Gasteiger partial charge in [-0.3, -0.25) is 10.1 Å². The number of nitro groups is 1. The number of aromatic amines is 1. The Hall–Kier alpha value is -3.34. The summed E-state index contributed by atoms with van der Waals surface area (Å²) >= 11 is 0. The van der Waals surface area contributed by atoms with Crippen LogP contribution in [0.1, 0.15) is 11.3 Å². The van der Waals surface area contributed by atoms with Crippen molar-refractivity contribution in [2.24, 2.45) is 0 Å². The van der Waals surface area contributed by atoms with Gasteiger partial charge in [-0.15, -0.1) is 0 Å². The molecule has 2 heterocycles. The third-order valence-electron chi connectivity index (χ3n) is 3.74. The summed E-state index contributed by atoms with van der Waals surface area (Å²) < 4.78 is 5.88. The van der Waals surface area contributed by atoms with E-state index in [-0.39, 0.29) is 5.69 Å². The van der Waals surface area contributed by atoms with Gasteiger partial charge in [0.1, 0.15) is 5.76 Å². The number of nitrogens with one attached hydrogen (secondary N) is 1. The molecule has 0 amide bonds. The number of para-hydroxylation sites is 1. The van der Waals surface area contributed by atoms with E-state index in [0.717, 1.165) is 33.3 Å². The van der Waals surface area contributed by atoms with Crippen LogP contribution in [-0.4, -0.2) is 9.91 Å². The molecule has 112 valence electrons. The highest BCUT2D eigenvalue weighted by molar-refractivity contribution is 6.04. The van der Waals surface area contributed by atoms with Crippen LogP contribution in [0.3, 0.4) is 0 Å². The lowest BCUT2D eigenvalue weighted by Crippen LogP contribution is -1.86. The molecule has 23 heavy (non-hydrogen) atoms. The van der Waals surface area contributed by atoms with E-state index in [2.05, 4.69) is 4.98 Å². The first-order valence-corrected chi connectivity index (χ1v) is 7.13. The predicted molar refractivity (Wildman–Crippen MR) is 90.1 cm³/mol. The molecule has 4 rings (SSSR count). The van der Waals surface area contributed by atoms with Crippen molar-refractivity contribution >= 4 is 39.8 Å². The zero-order valence-corrected chi connectivity index (χ0v) is 12.0. The van der Waals surface area contributed by atoms with Crippen molar-refractivity contribution in [2.75, 3.05) is 0 Å². The Balaban J connectivity index is 1.65. The van der Waals surface area contributed by atoms with Crippen LogP contribution in [0, 0.1) is 10.1 Å². The van der Waals surface area contributed by atoms with Crippen LogP contribution in [-0.2, 0) is 0 Å². The number of fused-ring (bicyclic) bond motifs is 3. The molecule has 0 radical (unpaired) electrons. The van der Waals surface area contributed by atoms with Gasteiger partial charge in [0.2, 0.25) is 0 Å². The summed E-state index contributed by atoms with van der Waals surface area (Å²) in [6, 6.07) is 16.3. The first kappa shape index (κ1) is 13.3. The Morgan fingerprint density at radius 3 is 2.57 bits per heavy atom. The number of non-ortho nitro benzene ring substituents is 1. The molecule has 0 fully saturated rings. The molecule has 0 bridgehead atoms. The minimum Gasteiger partial charge on any atom is -0.454 e. The van der Waals surface area contributed by atoms with Gasteiger partial charge in [-0.1, -0.05) is 18.2 Å². The molecule has 0 atom stereocenters. The predicted octanol–water partition coefficient (Wildman–Crippen LogP) is 4.99. The van der Waals surface area contributed by atoms with Crippen LogP contribution in [0.4, 0.5) is 5.69 Å². The molecule has 0 aliphatic heterocycles. The maximum absolute atomic E-state index is 10.6. The first-order chi connectivity index (χ1) is 11.2. The van der Waals surface area contributed by atoms with E-state index < -0.39 is 4.92 Å². The van der Waals surface area contributed by atoms with Crippen molar-refractivity contribution in [3.63, 3.8) is 0 Å². The fourth-order valence-corrected chi connectivity index (χ4v) is 2.61. The highest BCUT2D eigenvalue weighted by Crippen LogP contribution is 2.28. The fourth-order valence-electron chi connectivity index (χ4n) is 2.61. The maximum Gasteiger partial charge on any atom is 0.269 e. The average molecular weight is 304 g/mol. The highest BCUT2D eigenvalue weighted by Gasteiger charge is 2.08. The molecule has 0 aliphatic carbocycles. The van der Waals surface area contributed by atoms with Crippen molar-refractivity contribution in [3.8, 4) is 0 Å². The SMILES string of the molecule is O=[N+]([O-])c1ccc(/C=C/c2cc3[nH]c4ccccc4c3o2)cc1. The molecule has 0 spiro atoms. The third-order valence-corrected chi connectivity index (χ3v) is 3.74. The number of furan rings is 1. The molecule has 5 nitrogen and oxygen atoms in total. The fraction of sp³-hybridized carbons (Fsp3) is 0. The standard InChI is InChI=1S/C18H12N2O3/c21-20(22)13-8-5-12(6-9-13)7-10-14-11-17-18(23-14)15-3-1-2-4-16(15)19-17/h1-11,19H/b10-7+. The summed E-state index contributed by atoms with van der Waals surface area (Å²) in [5.41, 5.74) is 3.80. The summed E-state index contributed by atoms with van der Waals surface area (Å²) in [4.78, 5) is 13.5. The second-order valence-corrected chi connectivity index (χ2v) is 5.24. The second-order valence-electron chi connectivity index (χ2n) is 5.24. The Labute approximate surface area is 131 Å². The number of H-pyrrole nitrogens is 1. The molecule has 1 N–H and O–H groups in total. The van der Waals surface area contributed by atoms with Gasteiger partial charge >= 0.3 is 0 Å². The maximum atomic E-state index is 10.6. The lowest BCUT2D eigenvalue weighted by molar-refractivity contribution is -0.384. The molecule has 5 heteroatoms. The molecule has 0 unspecified atom stereocenters. The van der Waals surface area contributed by atoms with Gasteiger partial charge in [0.05, 0.1) is 10.4 Å². The smallest absolute Gasteiger partial charge is 0.269 e. The van der Waals surface area contributed by atoms with Crippen molar-refractivity contribution in [1.82, 2.24) is 4.98 Å². The quantitative estimate of drug-likeness (QED) is 0.428. The van der Waals surface area contributed by atoms with Gasteiger partial charge in [-0.05, 0) is 35.9 Å². The summed E-state index contributed by atoms with van der Waals surface area (Å²) in [6.07, 6.45) is 3.72. The molecule has 0 saturated carbocycles. The normalized spacial score (nSPS) is 11.7. The number of nitrogens with zero attached hydrogens (tertiary/aromatic N) is 1. The number of rotatable bonds is 3. The van der Waals surface area contributed by atoms with Crippen LogP contribution in [0.5, 0.6) is 0 Å². The van der Waals surface area contributed by atoms with E-state index in [1.165, 1.54) is 12.1 Å². The summed E-state index contributed by atoms with van der Waals surface area (Å²) in [7, 11) is 0. The van der Waals surface area contributed by atoms with Crippen molar-refractivity contribution in [3.05, 3.63) is 76.0 Å². The molecule has 0 aliphatic rings. The number of aromatic nitrogens is 1. The van der Waals surface area contributed by atoms with Crippen LogP contribution < -0.4 is 0 Å². The van der Waals surface area contributed by atoms with Crippen LogP contribution in [0.2, 0.25) is 0 Å². The van der Waals surface area contributed by atoms with Gasteiger partial charge < -0.3 is 9.40 Å². The zero-order chi connectivity index (χ0) is 15.8. The van der Waals surface area contributed by atoms with Crippen LogP contribution >= 0.6 is 0 Å². The van der Waals surface area contributed by atoms with Gasteiger partial charge in [-0.2, -0.15) is 0 Å². The molecular formula is C18H12N2O3. The minimum absolute atomic E-state index is 0.0833. The number of benzene rings is 2. The molecule has 0 saturated heterocycles. The monoisotopic (exact) mass is 304 g/mol. The lowest BCUT2D eigenvalue weighted by atomic mass is 10.2. The Bertz CT molecular complexity index is 1040. The number of hydrogen-bond acceptors (Lipinski definition) is 3. The zero-order valence-electron chi connectivity index (χ0n) is 12.0. The van der Waals surface area contributed by atoms with E-state index in [1.54, 1.807) is 12.1 Å². The second kappa shape index (κ2) is 5.14. The van der Waals surface area contributed by atoms with Crippen molar-refractivity contribution in [1.29, 1.82) is 0 Å². The van der Waals surface area contributed by atoms with Gasteiger partial charge in [0.25, 0.3) is 5.69 Å². The van der Waals surface area contributed by atoms with E-state index in [0.29, 0.717) is 0 Å². The average Bonchev–Trinajstić information content (AvgIpc) is 3.10. The molecule has 4 aromatic rings. The third kappa shape index (κ3) is 2.38. The minimum atomic E-state index is -0.409. The summed E-state index contributed by atoms with van der Waals surface area (Å²) in [6.45, 7) is 0. The van der Waals surface area contributed by atoms with Crippen molar-refractivity contribution in [2.45, 2.75) is 0 Å². The van der Waals surface area contributed by atoms with E-state index in [4.69, 9.17) is 4.42 Å². The van der Waals surface area contributed by atoms with E-state index >= 15 is 0 Å². The summed E-state index contributed by atoms with van der Waals surface area (Å²) in [5.74, 6) is 0.732. The molecule has 2 aromatic carbocycles. The first-order valence-electron chi connectivity index (χ1n) is 7.13. The van der Waals surface area contributed by atoms with E-state index in [1.807, 2.05) is 42.5 Å². The lowest BCUT2D eigenvalue weighted by Gasteiger charge is -1.93. The Morgan fingerprint density at radius 1 is 1.00 bits per heavy atom. The Morgan fingerprint density at radius 2 is 1.78 bits per heavy atom. The number of hydrogen-bond donors (Lipinski definition) is 1. The topological polar surface area (TPSA) is 72.1 Å². The van der Waals surface area contributed by atoms with Crippen LogP contribution in [0.15, 0.2) is 59.0 Å². The van der Waals surface area contributed by atoms with Gasteiger partial charge in [-0.25, -0.2) is 0 Å². The van der Waals surface area contributed by atoms with Gasteiger partial charge in [0, 0.05) is 29.1 Å². The molecule has 2 aromatic heterocycles. The highest BCUT2D eigenvalue weighted by atomic mass is 16.6.